The summed E-state index contributed by atoms with van der Waals surface area (Å²) in [7, 11) is 1.75. The molecule has 128 valence electrons. The number of hydrogen-bond donors (Lipinski definition) is 0. The number of aryl methyl sites for hydroxylation is 1. The largest absolute Gasteiger partial charge is 0.496 e. The lowest BCUT2D eigenvalue weighted by Crippen LogP contribution is -2.45. The van der Waals surface area contributed by atoms with E-state index >= 15 is 0 Å². The summed E-state index contributed by atoms with van der Waals surface area (Å²) in [6.07, 6.45) is 1.11. The quantitative estimate of drug-likeness (QED) is 0.808. The van der Waals surface area contributed by atoms with E-state index in [9.17, 15) is 0 Å². The third-order valence-corrected chi connectivity index (χ3v) is 4.89. The molecule has 0 radical (unpaired) electrons. The average molecular weight is 324 g/mol. The first-order chi connectivity index (χ1) is 11.8. The van der Waals surface area contributed by atoms with Gasteiger partial charge in [0.25, 0.3) is 0 Å². The van der Waals surface area contributed by atoms with Crippen molar-refractivity contribution in [2.45, 2.75) is 26.4 Å². The predicted octanol–water partition coefficient (Wildman–Crippen LogP) is 3.58. The van der Waals surface area contributed by atoms with Crippen molar-refractivity contribution in [2.24, 2.45) is 0 Å². The minimum Gasteiger partial charge on any atom is -0.496 e. The molecule has 0 amide bonds. The van der Waals surface area contributed by atoms with Gasteiger partial charge >= 0.3 is 0 Å². The number of rotatable bonds is 6. The molecule has 1 aliphatic rings. The van der Waals surface area contributed by atoms with Crippen LogP contribution in [-0.4, -0.2) is 43.1 Å². The molecule has 2 aromatic rings. The van der Waals surface area contributed by atoms with E-state index in [-0.39, 0.29) is 0 Å². The summed E-state index contributed by atoms with van der Waals surface area (Å²) in [5, 5.41) is 0. The molecule has 0 bridgehead atoms. The van der Waals surface area contributed by atoms with Crippen molar-refractivity contribution < 1.29 is 4.74 Å². The lowest BCUT2D eigenvalue weighted by Gasteiger charge is -2.35. The van der Waals surface area contributed by atoms with E-state index in [2.05, 4.69) is 53.1 Å². The standard InChI is InChI=1S/C21H28N2O/c1-3-18-8-10-19(11-9-18)16-22-12-14-23(15-13-22)17-20-6-4-5-7-21(20)24-2/h4-11H,3,12-17H2,1-2H3. The second-order valence-corrected chi connectivity index (χ2v) is 6.53. The molecule has 0 N–H and O–H groups in total. The van der Waals surface area contributed by atoms with Crippen LogP contribution in [0.25, 0.3) is 0 Å². The van der Waals surface area contributed by atoms with E-state index < -0.39 is 0 Å². The predicted molar refractivity (Wildman–Crippen MR) is 99.4 cm³/mol. The summed E-state index contributed by atoms with van der Waals surface area (Å²) in [4.78, 5) is 5.08. The molecule has 0 saturated carbocycles. The van der Waals surface area contributed by atoms with Crippen molar-refractivity contribution in [3.63, 3.8) is 0 Å². The van der Waals surface area contributed by atoms with E-state index in [0.717, 1.165) is 51.4 Å². The monoisotopic (exact) mass is 324 g/mol. The highest BCUT2D eigenvalue weighted by Gasteiger charge is 2.18. The molecule has 3 nitrogen and oxygen atoms in total. The number of piperazine rings is 1. The highest BCUT2D eigenvalue weighted by Crippen LogP contribution is 2.20. The molecular weight excluding hydrogens is 296 g/mol. The Morgan fingerprint density at radius 1 is 0.792 bits per heavy atom. The number of benzene rings is 2. The first-order valence-corrected chi connectivity index (χ1v) is 8.93. The maximum atomic E-state index is 5.47. The molecule has 1 aliphatic heterocycles. The van der Waals surface area contributed by atoms with Crippen molar-refractivity contribution in [1.82, 2.24) is 9.80 Å². The number of hydrogen-bond acceptors (Lipinski definition) is 3. The Labute approximate surface area is 145 Å². The fraction of sp³-hybridized carbons (Fsp3) is 0.429. The van der Waals surface area contributed by atoms with E-state index in [1.165, 1.54) is 16.7 Å². The lowest BCUT2D eigenvalue weighted by atomic mass is 10.1. The number of nitrogens with zero attached hydrogens (tertiary/aromatic N) is 2. The molecule has 3 rings (SSSR count). The van der Waals surface area contributed by atoms with Gasteiger partial charge in [-0.1, -0.05) is 49.4 Å². The van der Waals surface area contributed by atoms with Crippen LogP contribution in [-0.2, 0) is 19.5 Å². The summed E-state index contributed by atoms with van der Waals surface area (Å²) in [6, 6.07) is 17.4. The first-order valence-electron chi connectivity index (χ1n) is 8.93. The van der Waals surface area contributed by atoms with Crippen molar-refractivity contribution >= 4 is 0 Å². The van der Waals surface area contributed by atoms with Gasteiger partial charge in [0.05, 0.1) is 7.11 Å². The van der Waals surface area contributed by atoms with Gasteiger partial charge in [-0.25, -0.2) is 0 Å². The molecule has 1 fully saturated rings. The molecule has 1 saturated heterocycles. The molecule has 2 aromatic carbocycles. The highest BCUT2D eigenvalue weighted by molar-refractivity contribution is 5.33. The van der Waals surface area contributed by atoms with Crippen molar-refractivity contribution in [3.05, 3.63) is 65.2 Å². The van der Waals surface area contributed by atoms with Crippen LogP contribution in [0, 0.1) is 0 Å². The Bertz CT molecular complexity index is 631. The smallest absolute Gasteiger partial charge is 0.123 e. The molecule has 0 atom stereocenters. The van der Waals surface area contributed by atoms with E-state index in [4.69, 9.17) is 4.74 Å². The molecule has 3 heteroatoms. The normalized spacial score (nSPS) is 16.2. The van der Waals surface area contributed by atoms with Gasteiger partial charge in [-0.05, 0) is 23.6 Å². The Morgan fingerprint density at radius 2 is 1.38 bits per heavy atom. The van der Waals surface area contributed by atoms with Gasteiger partial charge in [0, 0.05) is 44.8 Å². The van der Waals surface area contributed by atoms with Crippen LogP contribution in [0.4, 0.5) is 0 Å². The van der Waals surface area contributed by atoms with Crippen molar-refractivity contribution in [1.29, 1.82) is 0 Å². The summed E-state index contributed by atoms with van der Waals surface area (Å²) in [6.45, 7) is 8.73. The number of methoxy groups -OCH3 is 1. The van der Waals surface area contributed by atoms with E-state index in [1.807, 2.05) is 12.1 Å². The van der Waals surface area contributed by atoms with Crippen molar-refractivity contribution in [3.8, 4) is 5.75 Å². The van der Waals surface area contributed by atoms with Crippen LogP contribution in [0.2, 0.25) is 0 Å². The van der Waals surface area contributed by atoms with Crippen LogP contribution in [0.1, 0.15) is 23.6 Å². The van der Waals surface area contributed by atoms with Gasteiger partial charge in [0.1, 0.15) is 5.75 Å². The van der Waals surface area contributed by atoms with E-state index in [0.29, 0.717) is 0 Å². The number of para-hydroxylation sites is 1. The minimum absolute atomic E-state index is 0.975. The van der Waals surface area contributed by atoms with Gasteiger partial charge in [-0.2, -0.15) is 0 Å². The van der Waals surface area contributed by atoms with Gasteiger partial charge in [0.2, 0.25) is 0 Å². The van der Waals surface area contributed by atoms with E-state index in [1.54, 1.807) is 7.11 Å². The molecule has 1 heterocycles. The molecule has 24 heavy (non-hydrogen) atoms. The zero-order valence-electron chi connectivity index (χ0n) is 14.9. The second kappa shape index (κ2) is 8.32. The van der Waals surface area contributed by atoms with Gasteiger partial charge in [-0.15, -0.1) is 0 Å². The average Bonchev–Trinajstić information content (AvgIpc) is 2.64. The fourth-order valence-electron chi connectivity index (χ4n) is 3.32. The van der Waals surface area contributed by atoms with Crippen molar-refractivity contribution in [2.75, 3.05) is 33.3 Å². The summed E-state index contributed by atoms with van der Waals surface area (Å²) < 4.78 is 5.47. The summed E-state index contributed by atoms with van der Waals surface area (Å²) in [5.74, 6) is 0.996. The van der Waals surface area contributed by atoms with Gasteiger partial charge < -0.3 is 4.74 Å². The summed E-state index contributed by atoms with van der Waals surface area (Å²) >= 11 is 0. The minimum atomic E-state index is 0.975. The second-order valence-electron chi connectivity index (χ2n) is 6.53. The Kier molecular flexibility index (Phi) is 5.89. The zero-order chi connectivity index (χ0) is 16.8. The van der Waals surface area contributed by atoms with Gasteiger partial charge in [-0.3, -0.25) is 9.80 Å². The SMILES string of the molecule is CCc1ccc(CN2CCN(Cc3ccccc3OC)CC2)cc1. The molecule has 0 aliphatic carbocycles. The van der Waals surface area contributed by atoms with Gasteiger partial charge in [0.15, 0.2) is 0 Å². The van der Waals surface area contributed by atoms with Crippen LogP contribution in [0.15, 0.2) is 48.5 Å². The van der Waals surface area contributed by atoms with Crippen LogP contribution in [0.5, 0.6) is 5.75 Å². The summed E-state index contributed by atoms with van der Waals surface area (Å²) in [5.41, 5.74) is 4.12. The first kappa shape index (κ1) is 17.0. The molecule has 0 spiro atoms. The van der Waals surface area contributed by atoms with Crippen LogP contribution >= 0.6 is 0 Å². The third-order valence-electron chi connectivity index (χ3n) is 4.89. The lowest BCUT2D eigenvalue weighted by molar-refractivity contribution is 0.121. The number of ether oxygens (including phenoxy) is 1. The maximum Gasteiger partial charge on any atom is 0.123 e. The van der Waals surface area contributed by atoms with Crippen LogP contribution < -0.4 is 4.74 Å². The topological polar surface area (TPSA) is 15.7 Å². The Morgan fingerprint density at radius 3 is 2.00 bits per heavy atom. The maximum absolute atomic E-state index is 5.47. The molecular formula is C21H28N2O. The third kappa shape index (κ3) is 4.37. The zero-order valence-corrected chi connectivity index (χ0v) is 14.9. The molecule has 0 aromatic heterocycles. The Hall–Kier alpha value is -1.84. The Balaban J connectivity index is 1.50. The van der Waals surface area contributed by atoms with Crippen LogP contribution in [0.3, 0.4) is 0 Å². The fourth-order valence-corrected chi connectivity index (χ4v) is 3.32. The molecule has 0 unspecified atom stereocenters. The highest BCUT2D eigenvalue weighted by atomic mass is 16.5.